The van der Waals surface area contributed by atoms with E-state index >= 15 is 0 Å². The minimum atomic E-state index is -0.800. The number of rotatable bonds is 4. The summed E-state index contributed by atoms with van der Waals surface area (Å²) < 4.78 is 15.3. The van der Waals surface area contributed by atoms with E-state index in [1.165, 1.54) is 0 Å². The van der Waals surface area contributed by atoms with Crippen molar-refractivity contribution >= 4 is 11.9 Å². The first kappa shape index (κ1) is 13.7. The average Bonchev–Trinajstić information content (AvgIpc) is 2.38. The Hall–Kier alpha value is -1.36. The molecule has 1 aliphatic rings. The zero-order valence-electron chi connectivity index (χ0n) is 10.6. The van der Waals surface area contributed by atoms with Crippen LogP contribution in [0.5, 0.6) is 0 Å². The van der Waals surface area contributed by atoms with E-state index in [1.54, 1.807) is 27.7 Å². The third-order valence-electron chi connectivity index (χ3n) is 2.29. The summed E-state index contributed by atoms with van der Waals surface area (Å²) in [6.45, 7) is 10.2. The lowest BCUT2D eigenvalue weighted by Gasteiger charge is -2.17. The third kappa shape index (κ3) is 3.85. The minimum Gasteiger partial charge on any atom is -0.458 e. The highest BCUT2D eigenvalue weighted by Crippen LogP contribution is 2.28. The normalized spacial score (nSPS) is 24.0. The van der Waals surface area contributed by atoms with Gasteiger partial charge in [0, 0.05) is 12.0 Å². The maximum absolute atomic E-state index is 11.4. The smallest absolute Gasteiger partial charge is 0.336 e. The first-order chi connectivity index (χ1) is 7.71. The van der Waals surface area contributed by atoms with E-state index in [1.807, 2.05) is 0 Å². The highest BCUT2D eigenvalue weighted by molar-refractivity contribution is 5.87. The van der Waals surface area contributed by atoms with Crippen molar-refractivity contribution in [1.82, 2.24) is 0 Å². The highest BCUT2D eigenvalue weighted by atomic mass is 16.7. The standard InChI is InChI=1S/C12H18O5/c1-7(2)10(13)16-8(3)15-9-6-12(4,5)17-11(9)14/h8-9H,1,6H2,2-5H3. The van der Waals surface area contributed by atoms with Gasteiger partial charge in [-0.2, -0.15) is 0 Å². The Morgan fingerprint density at radius 2 is 2.18 bits per heavy atom. The van der Waals surface area contributed by atoms with Crippen LogP contribution in [0.3, 0.4) is 0 Å². The van der Waals surface area contributed by atoms with Gasteiger partial charge < -0.3 is 14.2 Å². The summed E-state index contributed by atoms with van der Waals surface area (Å²) >= 11 is 0. The van der Waals surface area contributed by atoms with Crippen LogP contribution in [0.15, 0.2) is 12.2 Å². The number of ether oxygens (including phenoxy) is 3. The van der Waals surface area contributed by atoms with Crippen LogP contribution in [0.1, 0.15) is 34.1 Å². The van der Waals surface area contributed by atoms with Gasteiger partial charge in [0.15, 0.2) is 6.10 Å². The molecule has 17 heavy (non-hydrogen) atoms. The molecule has 1 heterocycles. The fraction of sp³-hybridized carbons (Fsp3) is 0.667. The molecule has 5 nitrogen and oxygen atoms in total. The van der Waals surface area contributed by atoms with E-state index in [4.69, 9.17) is 14.2 Å². The van der Waals surface area contributed by atoms with Crippen LogP contribution in [-0.4, -0.2) is 29.9 Å². The summed E-state index contributed by atoms with van der Waals surface area (Å²) in [5.74, 6) is -0.962. The summed E-state index contributed by atoms with van der Waals surface area (Å²) in [6, 6.07) is 0. The Morgan fingerprint density at radius 1 is 1.59 bits per heavy atom. The molecule has 1 fully saturated rings. The van der Waals surface area contributed by atoms with Crippen molar-refractivity contribution in [1.29, 1.82) is 0 Å². The van der Waals surface area contributed by atoms with Crippen LogP contribution in [0.25, 0.3) is 0 Å². The van der Waals surface area contributed by atoms with Crippen molar-refractivity contribution < 1.29 is 23.8 Å². The molecule has 96 valence electrons. The second kappa shape index (κ2) is 4.87. The molecule has 0 aromatic rings. The van der Waals surface area contributed by atoms with E-state index < -0.39 is 29.9 Å². The molecule has 2 unspecified atom stereocenters. The number of hydrogen-bond donors (Lipinski definition) is 0. The second-order valence-electron chi connectivity index (χ2n) is 4.76. The van der Waals surface area contributed by atoms with Gasteiger partial charge in [0.2, 0.25) is 6.29 Å². The van der Waals surface area contributed by atoms with Crippen LogP contribution in [-0.2, 0) is 23.8 Å². The van der Waals surface area contributed by atoms with Crippen LogP contribution < -0.4 is 0 Å². The molecule has 0 saturated carbocycles. The Balaban J connectivity index is 2.47. The van der Waals surface area contributed by atoms with E-state index in [0.29, 0.717) is 6.42 Å². The van der Waals surface area contributed by atoms with Crippen molar-refractivity contribution in [2.24, 2.45) is 0 Å². The summed E-state index contributed by atoms with van der Waals surface area (Å²) in [5.41, 5.74) is -0.241. The topological polar surface area (TPSA) is 61.8 Å². The second-order valence-corrected chi connectivity index (χ2v) is 4.76. The summed E-state index contributed by atoms with van der Waals surface area (Å²) in [4.78, 5) is 22.7. The summed E-state index contributed by atoms with van der Waals surface area (Å²) in [6.07, 6.45) is -1.04. The molecule has 2 atom stereocenters. The van der Waals surface area contributed by atoms with Gasteiger partial charge in [-0.15, -0.1) is 0 Å². The highest BCUT2D eigenvalue weighted by Gasteiger charge is 2.41. The minimum absolute atomic E-state index is 0.287. The van der Waals surface area contributed by atoms with Crippen molar-refractivity contribution in [3.05, 3.63) is 12.2 Å². The van der Waals surface area contributed by atoms with Gasteiger partial charge in [0.25, 0.3) is 0 Å². The van der Waals surface area contributed by atoms with E-state index in [9.17, 15) is 9.59 Å². The van der Waals surface area contributed by atoms with E-state index in [-0.39, 0.29) is 5.57 Å². The average molecular weight is 242 g/mol. The van der Waals surface area contributed by atoms with Gasteiger partial charge in [0.05, 0.1) is 0 Å². The Morgan fingerprint density at radius 3 is 2.59 bits per heavy atom. The number of hydrogen-bond acceptors (Lipinski definition) is 5. The molecule has 0 aliphatic carbocycles. The lowest BCUT2D eigenvalue weighted by atomic mass is 10.0. The quantitative estimate of drug-likeness (QED) is 0.425. The van der Waals surface area contributed by atoms with Crippen molar-refractivity contribution in [2.45, 2.75) is 52.1 Å². The lowest BCUT2D eigenvalue weighted by molar-refractivity contribution is -0.186. The molecular formula is C12H18O5. The predicted octanol–water partition coefficient (Wildman–Crippen LogP) is 1.56. The van der Waals surface area contributed by atoms with Crippen molar-refractivity contribution in [2.75, 3.05) is 0 Å². The van der Waals surface area contributed by atoms with Gasteiger partial charge in [-0.3, -0.25) is 0 Å². The zero-order chi connectivity index (χ0) is 13.2. The summed E-state index contributed by atoms with van der Waals surface area (Å²) in [7, 11) is 0. The van der Waals surface area contributed by atoms with Crippen molar-refractivity contribution in [3.8, 4) is 0 Å². The molecule has 1 saturated heterocycles. The molecule has 5 heteroatoms. The molecule has 0 bridgehead atoms. The Bertz CT molecular complexity index is 345. The first-order valence-corrected chi connectivity index (χ1v) is 5.46. The molecule has 1 aliphatic heterocycles. The lowest BCUT2D eigenvalue weighted by Crippen LogP contribution is -2.28. The molecule has 0 aromatic heterocycles. The predicted molar refractivity (Wildman–Crippen MR) is 60.0 cm³/mol. The summed E-state index contributed by atoms with van der Waals surface area (Å²) in [5, 5.41) is 0. The van der Waals surface area contributed by atoms with E-state index in [2.05, 4.69) is 6.58 Å². The number of cyclic esters (lactones) is 1. The maximum atomic E-state index is 11.4. The fourth-order valence-corrected chi connectivity index (χ4v) is 1.52. The SMILES string of the molecule is C=C(C)C(=O)OC(C)OC1CC(C)(C)OC1=O. The number of carbonyl (C=O) groups is 2. The van der Waals surface area contributed by atoms with Crippen molar-refractivity contribution in [3.63, 3.8) is 0 Å². The van der Waals surface area contributed by atoms with Crippen LogP contribution in [0.4, 0.5) is 0 Å². The number of esters is 2. The van der Waals surface area contributed by atoms with E-state index in [0.717, 1.165) is 0 Å². The molecule has 0 N–H and O–H groups in total. The molecule has 0 radical (unpaired) electrons. The van der Waals surface area contributed by atoms with Gasteiger partial charge >= 0.3 is 11.9 Å². The Kier molecular flexibility index (Phi) is 3.93. The zero-order valence-corrected chi connectivity index (χ0v) is 10.6. The largest absolute Gasteiger partial charge is 0.458 e. The maximum Gasteiger partial charge on any atom is 0.336 e. The number of carbonyl (C=O) groups excluding carboxylic acids is 2. The molecule has 0 amide bonds. The van der Waals surface area contributed by atoms with Crippen LogP contribution >= 0.6 is 0 Å². The third-order valence-corrected chi connectivity index (χ3v) is 2.29. The van der Waals surface area contributed by atoms with Gasteiger partial charge in [-0.25, -0.2) is 9.59 Å². The first-order valence-electron chi connectivity index (χ1n) is 5.46. The fourth-order valence-electron chi connectivity index (χ4n) is 1.52. The Labute approximate surface area is 101 Å². The van der Waals surface area contributed by atoms with Gasteiger partial charge in [-0.05, 0) is 27.7 Å². The van der Waals surface area contributed by atoms with Crippen LogP contribution in [0, 0.1) is 0 Å². The molecular weight excluding hydrogens is 224 g/mol. The monoisotopic (exact) mass is 242 g/mol. The van der Waals surface area contributed by atoms with Crippen LogP contribution in [0.2, 0.25) is 0 Å². The molecule has 0 aromatic carbocycles. The molecule has 0 spiro atoms. The van der Waals surface area contributed by atoms with Gasteiger partial charge in [-0.1, -0.05) is 6.58 Å². The van der Waals surface area contributed by atoms with Gasteiger partial charge in [0.1, 0.15) is 5.60 Å². The molecule has 1 rings (SSSR count).